The minimum absolute atomic E-state index is 0.0397. The van der Waals surface area contributed by atoms with Crippen molar-refractivity contribution in [3.63, 3.8) is 0 Å². The Morgan fingerprint density at radius 3 is 2.47 bits per heavy atom. The van der Waals surface area contributed by atoms with Crippen molar-refractivity contribution < 1.29 is 8.78 Å². The third-order valence-corrected chi connectivity index (χ3v) is 2.53. The maximum absolute atomic E-state index is 13.5. The Morgan fingerprint density at radius 1 is 1.06 bits per heavy atom. The van der Waals surface area contributed by atoms with Gasteiger partial charge in [0, 0.05) is 5.69 Å². The lowest BCUT2D eigenvalue weighted by Gasteiger charge is -2.10. The van der Waals surface area contributed by atoms with Crippen LogP contribution in [0.25, 0.3) is 0 Å². The third kappa shape index (κ3) is 2.47. The van der Waals surface area contributed by atoms with Crippen LogP contribution in [0.2, 0.25) is 5.02 Å². The second-order valence-corrected chi connectivity index (χ2v) is 3.87. The first-order valence-electron chi connectivity index (χ1n) is 4.84. The first kappa shape index (κ1) is 11.7. The summed E-state index contributed by atoms with van der Waals surface area (Å²) in [6.45, 7) is 0. The number of para-hydroxylation sites is 1. The van der Waals surface area contributed by atoms with Crippen molar-refractivity contribution in [3.05, 3.63) is 53.1 Å². The Morgan fingerprint density at radius 2 is 1.82 bits per heavy atom. The Kier molecular flexibility index (Phi) is 3.15. The van der Waals surface area contributed by atoms with Crippen LogP contribution in [0.15, 0.2) is 36.4 Å². The topological polar surface area (TPSA) is 38.0 Å². The number of hydrogen-bond acceptors (Lipinski definition) is 2. The highest BCUT2D eigenvalue weighted by Crippen LogP contribution is 2.29. The van der Waals surface area contributed by atoms with Gasteiger partial charge >= 0.3 is 0 Å². The average molecular weight is 255 g/mol. The van der Waals surface area contributed by atoms with E-state index < -0.39 is 11.6 Å². The fourth-order valence-corrected chi connectivity index (χ4v) is 1.59. The zero-order valence-corrected chi connectivity index (χ0v) is 9.43. The molecule has 0 saturated heterocycles. The number of hydrogen-bond donors (Lipinski definition) is 2. The molecular weight excluding hydrogens is 246 g/mol. The van der Waals surface area contributed by atoms with E-state index in [0.717, 1.165) is 6.07 Å². The number of nitrogens with one attached hydrogen (secondary N) is 1. The van der Waals surface area contributed by atoms with Gasteiger partial charge in [0.15, 0.2) is 0 Å². The molecule has 0 spiro atoms. The van der Waals surface area contributed by atoms with E-state index in [9.17, 15) is 8.78 Å². The average Bonchev–Trinajstić information content (AvgIpc) is 2.26. The van der Waals surface area contributed by atoms with E-state index in [-0.39, 0.29) is 16.4 Å². The number of anilines is 3. The van der Waals surface area contributed by atoms with Crippen LogP contribution in [0.3, 0.4) is 0 Å². The number of nitrogen functional groups attached to an aromatic ring is 1. The van der Waals surface area contributed by atoms with Gasteiger partial charge < -0.3 is 11.1 Å². The normalized spacial score (nSPS) is 10.3. The Bertz CT molecular complexity index is 538. The van der Waals surface area contributed by atoms with Gasteiger partial charge in [-0.3, -0.25) is 0 Å². The van der Waals surface area contributed by atoms with Gasteiger partial charge in [-0.25, -0.2) is 8.78 Å². The largest absolute Gasteiger partial charge is 0.399 e. The first-order chi connectivity index (χ1) is 8.08. The molecule has 2 aromatic carbocycles. The van der Waals surface area contributed by atoms with Crippen molar-refractivity contribution in [1.82, 2.24) is 0 Å². The minimum atomic E-state index is -0.565. The van der Waals surface area contributed by atoms with E-state index in [2.05, 4.69) is 5.32 Å². The maximum Gasteiger partial charge on any atom is 0.148 e. The summed E-state index contributed by atoms with van der Waals surface area (Å²) in [5.74, 6) is -1.11. The molecule has 3 N–H and O–H groups in total. The van der Waals surface area contributed by atoms with Gasteiger partial charge in [0.05, 0.1) is 16.4 Å². The summed E-state index contributed by atoms with van der Waals surface area (Å²) < 4.78 is 26.9. The molecule has 0 heterocycles. The molecule has 2 rings (SSSR count). The van der Waals surface area contributed by atoms with E-state index in [0.29, 0.717) is 5.69 Å². The summed E-state index contributed by atoms with van der Waals surface area (Å²) in [6.07, 6.45) is 0. The van der Waals surface area contributed by atoms with Gasteiger partial charge in [0.25, 0.3) is 0 Å². The lowest BCUT2D eigenvalue weighted by molar-refractivity contribution is 0.626. The lowest BCUT2D eigenvalue weighted by atomic mass is 10.2. The van der Waals surface area contributed by atoms with Crippen LogP contribution in [0.1, 0.15) is 0 Å². The summed E-state index contributed by atoms with van der Waals surface area (Å²) in [6, 6.07) is 8.32. The van der Waals surface area contributed by atoms with Crippen LogP contribution in [0.4, 0.5) is 25.8 Å². The van der Waals surface area contributed by atoms with Crippen molar-refractivity contribution in [2.45, 2.75) is 0 Å². The monoisotopic (exact) mass is 254 g/mol. The van der Waals surface area contributed by atoms with Crippen LogP contribution in [-0.4, -0.2) is 0 Å². The molecule has 2 nitrogen and oxygen atoms in total. The van der Waals surface area contributed by atoms with Crippen molar-refractivity contribution in [2.24, 2.45) is 0 Å². The second-order valence-electron chi connectivity index (χ2n) is 3.46. The van der Waals surface area contributed by atoms with E-state index in [1.165, 1.54) is 30.3 Å². The van der Waals surface area contributed by atoms with Gasteiger partial charge in [-0.15, -0.1) is 0 Å². The molecule has 0 aliphatic rings. The summed E-state index contributed by atoms with van der Waals surface area (Å²) in [5.41, 5.74) is 5.87. The molecule has 0 aliphatic heterocycles. The molecule has 0 unspecified atom stereocenters. The predicted octanol–water partition coefficient (Wildman–Crippen LogP) is 3.94. The molecule has 0 aromatic heterocycles. The van der Waals surface area contributed by atoms with Crippen LogP contribution < -0.4 is 11.1 Å². The second kappa shape index (κ2) is 4.59. The van der Waals surface area contributed by atoms with Gasteiger partial charge in [0.1, 0.15) is 11.6 Å². The Hall–Kier alpha value is -1.81. The summed E-state index contributed by atoms with van der Waals surface area (Å²) in [4.78, 5) is 0. The highest BCUT2D eigenvalue weighted by molar-refractivity contribution is 6.33. The lowest BCUT2D eigenvalue weighted by Crippen LogP contribution is -1.98. The fraction of sp³-hybridized carbons (Fsp3) is 0. The van der Waals surface area contributed by atoms with Crippen LogP contribution in [0, 0.1) is 11.6 Å². The van der Waals surface area contributed by atoms with Crippen molar-refractivity contribution >= 4 is 28.7 Å². The number of rotatable bonds is 2. The molecular formula is C12H9ClF2N2. The van der Waals surface area contributed by atoms with Gasteiger partial charge in [-0.05, 0) is 30.3 Å². The highest BCUT2D eigenvalue weighted by atomic mass is 35.5. The van der Waals surface area contributed by atoms with Crippen LogP contribution in [0.5, 0.6) is 0 Å². The Labute approximate surface area is 102 Å². The molecule has 0 radical (unpaired) electrons. The SMILES string of the molecule is Nc1ccc(Nc2c(F)cccc2Cl)c(F)c1. The van der Waals surface area contributed by atoms with Crippen molar-refractivity contribution in [2.75, 3.05) is 11.1 Å². The number of benzene rings is 2. The quantitative estimate of drug-likeness (QED) is 0.797. The summed E-state index contributed by atoms with van der Waals surface area (Å²) in [7, 11) is 0. The van der Waals surface area contributed by atoms with Gasteiger partial charge in [-0.1, -0.05) is 17.7 Å². The van der Waals surface area contributed by atoms with E-state index >= 15 is 0 Å². The summed E-state index contributed by atoms with van der Waals surface area (Å²) in [5, 5.41) is 2.78. The standard InChI is InChI=1S/C12H9ClF2N2/c13-8-2-1-3-9(14)12(8)17-11-5-4-7(16)6-10(11)15/h1-6,17H,16H2. The van der Waals surface area contributed by atoms with E-state index in [1.54, 1.807) is 0 Å². The van der Waals surface area contributed by atoms with Crippen LogP contribution in [-0.2, 0) is 0 Å². The van der Waals surface area contributed by atoms with E-state index in [4.69, 9.17) is 17.3 Å². The summed E-state index contributed by atoms with van der Waals surface area (Å²) >= 11 is 5.81. The van der Waals surface area contributed by atoms with Gasteiger partial charge in [0.2, 0.25) is 0 Å². The maximum atomic E-state index is 13.5. The molecule has 2 aromatic rings. The van der Waals surface area contributed by atoms with E-state index in [1.807, 2.05) is 0 Å². The Balaban J connectivity index is 2.38. The van der Waals surface area contributed by atoms with Crippen molar-refractivity contribution in [3.8, 4) is 0 Å². The predicted molar refractivity (Wildman–Crippen MR) is 65.5 cm³/mol. The molecule has 0 bridgehead atoms. The number of nitrogens with two attached hydrogens (primary N) is 1. The molecule has 0 fully saturated rings. The smallest absolute Gasteiger partial charge is 0.148 e. The zero-order valence-electron chi connectivity index (χ0n) is 8.68. The molecule has 0 saturated carbocycles. The molecule has 0 atom stereocenters. The fourth-order valence-electron chi connectivity index (χ4n) is 1.38. The van der Waals surface area contributed by atoms with Crippen LogP contribution >= 0.6 is 11.6 Å². The third-order valence-electron chi connectivity index (χ3n) is 2.22. The molecule has 5 heteroatoms. The number of halogens is 3. The molecule has 0 aliphatic carbocycles. The molecule has 88 valence electrons. The van der Waals surface area contributed by atoms with Gasteiger partial charge in [-0.2, -0.15) is 0 Å². The minimum Gasteiger partial charge on any atom is -0.399 e. The molecule has 0 amide bonds. The highest BCUT2D eigenvalue weighted by Gasteiger charge is 2.09. The first-order valence-corrected chi connectivity index (χ1v) is 5.22. The zero-order chi connectivity index (χ0) is 12.4. The molecule has 17 heavy (non-hydrogen) atoms. The van der Waals surface area contributed by atoms with Crippen molar-refractivity contribution in [1.29, 1.82) is 0 Å².